The summed E-state index contributed by atoms with van der Waals surface area (Å²) < 4.78 is 1.48. The predicted octanol–water partition coefficient (Wildman–Crippen LogP) is 1.53. The summed E-state index contributed by atoms with van der Waals surface area (Å²) in [5.74, 6) is -0.301. The number of anilines is 2. The van der Waals surface area contributed by atoms with Crippen molar-refractivity contribution in [3.8, 4) is 11.1 Å². The topological polar surface area (TPSA) is 102 Å². The maximum absolute atomic E-state index is 12.9. The second-order valence-electron chi connectivity index (χ2n) is 7.56. The molecule has 2 N–H and O–H groups in total. The Morgan fingerprint density at radius 1 is 1.18 bits per heavy atom. The monoisotopic (exact) mass is 381 g/mol. The maximum Gasteiger partial charge on any atom is 0.239 e. The molecule has 2 heterocycles. The van der Waals surface area contributed by atoms with Crippen LogP contribution < -0.4 is 15.5 Å². The van der Waals surface area contributed by atoms with Crippen molar-refractivity contribution >= 4 is 29.1 Å². The molecule has 0 bridgehead atoms. The number of aromatic nitrogens is 2. The lowest BCUT2D eigenvalue weighted by Crippen LogP contribution is -2.51. The highest BCUT2D eigenvalue weighted by atomic mass is 16.2. The first kappa shape index (κ1) is 18.2. The number of nitrogens with two attached hydrogens (primary N) is 1. The molecule has 8 nitrogen and oxygen atoms in total. The normalized spacial score (nSPS) is 18.7. The van der Waals surface area contributed by atoms with E-state index in [4.69, 9.17) is 5.73 Å². The maximum atomic E-state index is 12.9. The first-order valence-electron chi connectivity index (χ1n) is 9.41. The fourth-order valence-corrected chi connectivity index (χ4v) is 3.80. The van der Waals surface area contributed by atoms with Gasteiger partial charge in [0.25, 0.3) is 0 Å². The van der Waals surface area contributed by atoms with E-state index in [2.05, 4.69) is 5.10 Å². The first-order chi connectivity index (χ1) is 13.3. The fraction of sp³-hybridized carbons (Fsp3) is 0.400. The molecular formula is C20H23N5O3. The number of carbonyl (C=O) groups is 3. The van der Waals surface area contributed by atoms with Crippen LogP contribution >= 0.6 is 0 Å². The van der Waals surface area contributed by atoms with Crippen LogP contribution in [0.2, 0.25) is 0 Å². The molecule has 28 heavy (non-hydrogen) atoms. The Kier molecular flexibility index (Phi) is 4.41. The molecule has 4 rings (SSSR count). The Labute approximate surface area is 162 Å². The van der Waals surface area contributed by atoms with Crippen molar-refractivity contribution < 1.29 is 14.4 Å². The van der Waals surface area contributed by atoms with Gasteiger partial charge in [-0.1, -0.05) is 6.07 Å². The van der Waals surface area contributed by atoms with Gasteiger partial charge in [0.15, 0.2) is 0 Å². The predicted molar refractivity (Wildman–Crippen MR) is 105 cm³/mol. The summed E-state index contributed by atoms with van der Waals surface area (Å²) in [6.07, 6.45) is 5.25. The SMILES string of the molecule is CC(=O)N1c2ccc(-c3cnn(CC(N)=O)c3)cc2N(C(=O)C2CC2)C[C@@H]1C. The van der Waals surface area contributed by atoms with Crippen LogP contribution in [-0.4, -0.2) is 40.1 Å². The van der Waals surface area contributed by atoms with Crippen LogP contribution in [0.4, 0.5) is 11.4 Å². The Hall–Kier alpha value is -3.16. The van der Waals surface area contributed by atoms with Gasteiger partial charge in [0.05, 0.1) is 23.6 Å². The van der Waals surface area contributed by atoms with Crippen LogP contribution in [0.15, 0.2) is 30.6 Å². The number of nitrogens with zero attached hydrogens (tertiary/aromatic N) is 4. The minimum atomic E-state index is -0.465. The molecule has 1 saturated carbocycles. The Morgan fingerprint density at radius 2 is 1.93 bits per heavy atom. The van der Waals surface area contributed by atoms with Gasteiger partial charge in [0, 0.05) is 31.1 Å². The summed E-state index contributed by atoms with van der Waals surface area (Å²) in [7, 11) is 0. The van der Waals surface area contributed by atoms with Gasteiger partial charge in [-0.2, -0.15) is 5.10 Å². The number of fused-ring (bicyclic) bond motifs is 1. The second-order valence-corrected chi connectivity index (χ2v) is 7.56. The molecule has 1 fully saturated rings. The number of rotatable bonds is 4. The van der Waals surface area contributed by atoms with Crippen LogP contribution in [0, 0.1) is 5.92 Å². The van der Waals surface area contributed by atoms with Gasteiger partial charge in [-0.25, -0.2) is 0 Å². The highest BCUT2D eigenvalue weighted by Crippen LogP contribution is 2.41. The molecule has 3 amide bonds. The third-order valence-corrected chi connectivity index (χ3v) is 5.23. The number of amides is 3. The van der Waals surface area contributed by atoms with Gasteiger partial charge < -0.3 is 15.5 Å². The first-order valence-corrected chi connectivity index (χ1v) is 9.41. The fourth-order valence-electron chi connectivity index (χ4n) is 3.80. The van der Waals surface area contributed by atoms with Crippen LogP contribution in [0.25, 0.3) is 11.1 Å². The van der Waals surface area contributed by atoms with E-state index < -0.39 is 5.91 Å². The quantitative estimate of drug-likeness (QED) is 0.868. The number of carbonyl (C=O) groups excluding carboxylic acids is 3. The van der Waals surface area contributed by atoms with Crippen molar-refractivity contribution in [1.82, 2.24) is 9.78 Å². The third kappa shape index (κ3) is 3.26. The lowest BCUT2D eigenvalue weighted by molar-refractivity contribution is -0.120. The molecule has 1 aliphatic heterocycles. The number of hydrogen-bond donors (Lipinski definition) is 1. The molecule has 1 aromatic heterocycles. The van der Waals surface area contributed by atoms with Gasteiger partial charge >= 0.3 is 0 Å². The van der Waals surface area contributed by atoms with Crippen LogP contribution in [-0.2, 0) is 20.9 Å². The molecule has 0 radical (unpaired) electrons. The Morgan fingerprint density at radius 3 is 2.57 bits per heavy atom. The molecule has 146 valence electrons. The molecule has 1 aromatic carbocycles. The van der Waals surface area contributed by atoms with E-state index in [1.54, 1.807) is 24.2 Å². The minimum Gasteiger partial charge on any atom is -0.368 e. The third-order valence-electron chi connectivity index (χ3n) is 5.23. The van der Waals surface area contributed by atoms with Crippen LogP contribution in [0.3, 0.4) is 0 Å². The van der Waals surface area contributed by atoms with E-state index >= 15 is 0 Å². The van der Waals surface area contributed by atoms with Crippen LogP contribution in [0.5, 0.6) is 0 Å². The lowest BCUT2D eigenvalue weighted by atomic mass is 10.0. The smallest absolute Gasteiger partial charge is 0.239 e. The molecule has 2 aliphatic rings. The summed E-state index contributed by atoms with van der Waals surface area (Å²) in [5.41, 5.74) is 8.39. The van der Waals surface area contributed by atoms with E-state index in [1.165, 1.54) is 4.68 Å². The van der Waals surface area contributed by atoms with E-state index in [-0.39, 0.29) is 30.3 Å². The zero-order valence-electron chi connectivity index (χ0n) is 16.0. The lowest BCUT2D eigenvalue weighted by Gasteiger charge is -2.41. The van der Waals surface area contributed by atoms with Gasteiger partial charge in [0.2, 0.25) is 17.7 Å². The van der Waals surface area contributed by atoms with Gasteiger partial charge in [0.1, 0.15) is 6.54 Å². The average Bonchev–Trinajstić information content (AvgIpc) is 3.39. The van der Waals surface area contributed by atoms with Crippen molar-refractivity contribution in [1.29, 1.82) is 0 Å². The molecular weight excluding hydrogens is 358 g/mol. The highest BCUT2D eigenvalue weighted by Gasteiger charge is 2.39. The molecule has 0 saturated heterocycles. The van der Waals surface area contributed by atoms with Gasteiger partial charge in [-0.3, -0.25) is 19.1 Å². The zero-order chi connectivity index (χ0) is 20.0. The van der Waals surface area contributed by atoms with Crippen molar-refractivity contribution in [3.63, 3.8) is 0 Å². The van der Waals surface area contributed by atoms with E-state index in [1.807, 2.05) is 30.0 Å². The largest absolute Gasteiger partial charge is 0.368 e. The van der Waals surface area contributed by atoms with E-state index in [9.17, 15) is 14.4 Å². The summed E-state index contributed by atoms with van der Waals surface area (Å²) in [6.45, 7) is 3.99. The summed E-state index contributed by atoms with van der Waals surface area (Å²) in [6, 6.07) is 5.61. The van der Waals surface area contributed by atoms with E-state index in [0.29, 0.717) is 6.54 Å². The molecule has 1 aliphatic carbocycles. The summed E-state index contributed by atoms with van der Waals surface area (Å²) >= 11 is 0. The van der Waals surface area contributed by atoms with Gasteiger partial charge in [-0.15, -0.1) is 0 Å². The minimum absolute atomic E-state index is 0.00681. The standard InChI is InChI=1S/C20H23N5O3/c1-12-9-24(20(28)14-3-4-14)18-7-15(5-6-17(18)25(12)13(2)26)16-8-22-23(10-16)11-19(21)27/h5-8,10,12,14H,3-4,9,11H2,1-2H3,(H2,21,27)/t12-/m0/s1. The van der Waals surface area contributed by atoms with Crippen molar-refractivity contribution in [3.05, 3.63) is 30.6 Å². The summed E-state index contributed by atoms with van der Waals surface area (Å²) in [5, 5.41) is 4.16. The van der Waals surface area contributed by atoms with Gasteiger partial charge in [-0.05, 0) is 37.5 Å². The van der Waals surface area contributed by atoms with Crippen molar-refractivity contribution in [2.45, 2.75) is 39.3 Å². The Balaban J connectivity index is 1.75. The number of primary amides is 1. The molecule has 2 aromatic rings. The molecule has 1 atom stereocenters. The molecule has 0 unspecified atom stereocenters. The van der Waals surface area contributed by atoms with Crippen molar-refractivity contribution in [2.24, 2.45) is 11.7 Å². The zero-order valence-corrected chi connectivity index (χ0v) is 16.0. The van der Waals surface area contributed by atoms with E-state index in [0.717, 1.165) is 35.3 Å². The molecule has 8 heteroatoms. The number of benzene rings is 1. The van der Waals surface area contributed by atoms with Crippen molar-refractivity contribution in [2.75, 3.05) is 16.3 Å². The highest BCUT2D eigenvalue weighted by molar-refractivity contribution is 6.06. The number of hydrogen-bond acceptors (Lipinski definition) is 4. The average molecular weight is 381 g/mol. The molecule has 0 spiro atoms. The summed E-state index contributed by atoms with van der Waals surface area (Å²) in [4.78, 5) is 39.8. The Bertz CT molecular complexity index is 963. The second kappa shape index (κ2) is 6.78. The van der Waals surface area contributed by atoms with Crippen LogP contribution in [0.1, 0.15) is 26.7 Å².